The van der Waals surface area contributed by atoms with Gasteiger partial charge in [0.2, 0.25) is 5.91 Å². The van der Waals surface area contributed by atoms with Crippen molar-refractivity contribution in [3.63, 3.8) is 0 Å². The Bertz CT molecular complexity index is 1120. The maximum Gasteiger partial charge on any atom is 0.251 e. The molecule has 2 aromatic rings. The number of anilines is 1. The molecule has 2 atom stereocenters. The molecule has 3 heterocycles. The van der Waals surface area contributed by atoms with E-state index in [0.29, 0.717) is 6.61 Å². The molecule has 36 heavy (non-hydrogen) atoms. The Morgan fingerprint density at radius 1 is 1.31 bits per heavy atom. The molecule has 1 aromatic heterocycles. The Hall–Kier alpha value is -3.31. The number of carbonyl (C=O) groups excluding carboxylic acids is 2. The Kier molecular flexibility index (Phi) is 7.70. The summed E-state index contributed by atoms with van der Waals surface area (Å²) in [4.78, 5) is 27.5. The van der Waals surface area contributed by atoms with Crippen molar-refractivity contribution in [1.29, 1.82) is 0 Å². The van der Waals surface area contributed by atoms with Crippen LogP contribution in [-0.4, -0.2) is 62.5 Å². The van der Waals surface area contributed by atoms with Crippen molar-refractivity contribution in [2.45, 2.75) is 63.8 Å². The number of amides is 2. The fraction of sp³-hybridized carbons (Fsp3) is 0.480. The predicted molar refractivity (Wildman–Crippen MR) is 126 cm³/mol. The zero-order valence-electron chi connectivity index (χ0n) is 20.2. The van der Waals surface area contributed by atoms with Crippen molar-refractivity contribution in [2.75, 3.05) is 18.5 Å². The van der Waals surface area contributed by atoms with Gasteiger partial charge in [-0.05, 0) is 45.2 Å². The molecule has 9 nitrogen and oxygen atoms in total. The van der Waals surface area contributed by atoms with Crippen LogP contribution < -0.4 is 10.1 Å². The third-order valence-corrected chi connectivity index (χ3v) is 5.93. The van der Waals surface area contributed by atoms with Crippen molar-refractivity contribution in [2.24, 2.45) is 0 Å². The SMILES string of the molecule is CC(C)(O)Cn1ccc(NC(=O)[C@H](C[C@@H]2CCCCO2)N2CC(Oc3c(F)cccc3F)=CC2=O)n1. The minimum Gasteiger partial charge on any atom is -0.453 e. The molecule has 2 amide bonds. The van der Waals surface area contributed by atoms with Crippen LogP contribution >= 0.6 is 0 Å². The second-order valence-electron chi connectivity index (χ2n) is 9.67. The van der Waals surface area contributed by atoms with Crippen LogP contribution in [0.4, 0.5) is 14.6 Å². The fourth-order valence-corrected chi connectivity index (χ4v) is 4.29. The topological polar surface area (TPSA) is 106 Å². The summed E-state index contributed by atoms with van der Waals surface area (Å²) >= 11 is 0. The molecule has 2 aliphatic rings. The molecule has 4 rings (SSSR count). The number of para-hydroxylation sites is 1. The molecule has 0 bridgehead atoms. The first-order valence-corrected chi connectivity index (χ1v) is 11.9. The molecular formula is C25H30F2N4O5. The normalized spacial score (nSPS) is 19.2. The van der Waals surface area contributed by atoms with Crippen LogP contribution in [0.5, 0.6) is 5.75 Å². The first kappa shape index (κ1) is 25.8. The van der Waals surface area contributed by atoms with Gasteiger partial charge in [-0.15, -0.1) is 0 Å². The summed E-state index contributed by atoms with van der Waals surface area (Å²) < 4.78 is 40.8. The first-order chi connectivity index (χ1) is 17.1. The number of benzene rings is 1. The van der Waals surface area contributed by atoms with E-state index in [-0.39, 0.29) is 37.2 Å². The number of aliphatic hydroxyl groups is 1. The van der Waals surface area contributed by atoms with Crippen LogP contribution in [-0.2, 0) is 20.9 Å². The number of aromatic nitrogens is 2. The van der Waals surface area contributed by atoms with Crippen molar-refractivity contribution in [1.82, 2.24) is 14.7 Å². The molecule has 1 saturated heterocycles. The summed E-state index contributed by atoms with van der Waals surface area (Å²) in [5, 5.41) is 17.0. The van der Waals surface area contributed by atoms with Gasteiger partial charge < -0.3 is 24.8 Å². The van der Waals surface area contributed by atoms with Gasteiger partial charge in [-0.25, -0.2) is 8.78 Å². The third kappa shape index (κ3) is 6.46. The summed E-state index contributed by atoms with van der Waals surface area (Å²) in [7, 11) is 0. The number of halogens is 2. The lowest BCUT2D eigenvalue weighted by atomic mass is 10.00. The van der Waals surface area contributed by atoms with Crippen molar-refractivity contribution >= 4 is 17.6 Å². The molecule has 1 fully saturated rings. The fourth-order valence-electron chi connectivity index (χ4n) is 4.29. The van der Waals surface area contributed by atoms with Gasteiger partial charge >= 0.3 is 0 Å². The van der Waals surface area contributed by atoms with Gasteiger partial charge in [0.15, 0.2) is 23.2 Å². The van der Waals surface area contributed by atoms with Gasteiger partial charge in [-0.1, -0.05) is 6.07 Å². The van der Waals surface area contributed by atoms with Gasteiger partial charge in [-0.3, -0.25) is 14.3 Å². The minimum absolute atomic E-state index is 0.0285. The lowest BCUT2D eigenvalue weighted by Gasteiger charge is -2.31. The highest BCUT2D eigenvalue weighted by Gasteiger charge is 2.37. The summed E-state index contributed by atoms with van der Waals surface area (Å²) in [6.45, 7) is 3.96. The smallest absolute Gasteiger partial charge is 0.251 e. The quantitative estimate of drug-likeness (QED) is 0.544. The number of rotatable bonds is 9. The number of carbonyl (C=O) groups is 2. The summed E-state index contributed by atoms with van der Waals surface area (Å²) in [6.07, 6.45) is 5.43. The van der Waals surface area contributed by atoms with Crippen molar-refractivity contribution < 1.29 is 33.0 Å². The molecule has 11 heteroatoms. The molecule has 0 spiro atoms. The van der Waals surface area contributed by atoms with Crippen LogP contribution in [0.25, 0.3) is 0 Å². The summed E-state index contributed by atoms with van der Waals surface area (Å²) in [5.41, 5.74) is -0.990. The van der Waals surface area contributed by atoms with E-state index in [1.807, 2.05) is 0 Å². The maximum absolute atomic E-state index is 14.0. The highest BCUT2D eigenvalue weighted by molar-refractivity contribution is 5.99. The molecule has 194 valence electrons. The van der Waals surface area contributed by atoms with Crippen LogP contribution in [0, 0.1) is 11.6 Å². The average Bonchev–Trinajstić information content (AvgIpc) is 3.39. The average molecular weight is 505 g/mol. The molecular weight excluding hydrogens is 474 g/mol. The lowest BCUT2D eigenvalue weighted by Crippen LogP contribution is -2.48. The van der Waals surface area contributed by atoms with Crippen LogP contribution in [0.15, 0.2) is 42.3 Å². The monoisotopic (exact) mass is 504 g/mol. The van der Waals surface area contributed by atoms with Crippen LogP contribution in [0.1, 0.15) is 39.5 Å². The Morgan fingerprint density at radius 2 is 2.06 bits per heavy atom. The molecule has 0 unspecified atom stereocenters. The van der Waals surface area contributed by atoms with E-state index >= 15 is 0 Å². The number of ether oxygens (including phenoxy) is 2. The van der Waals surface area contributed by atoms with E-state index in [1.54, 1.807) is 26.1 Å². The lowest BCUT2D eigenvalue weighted by molar-refractivity contribution is -0.135. The third-order valence-electron chi connectivity index (χ3n) is 5.93. The van der Waals surface area contributed by atoms with Gasteiger partial charge in [0, 0.05) is 31.4 Å². The molecule has 2 aliphatic heterocycles. The largest absolute Gasteiger partial charge is 0.453 e. The van der Waals surface area contributed by atoms with Crippen molar-refractivity contribution in [3.05, 3.63) is 53.9 Å². The summed E-state index contributed by atoms with van der Waals surface area (Å²) in [5.74, 6) is -3.08. The standard InChI is InChI=1S/C25H30F2N4O5/c1-25(2,34)15-30-10-9-21(29-30)28-24(33)20(12-16-6-3-4-11-35-16)31-14-17(13-22(31)32)36-23-18(26)7-5-8-19(23)27/h5,7-10,13,16,20,34H,3-4,6,11-12,14-15H2,1-2H3,(H,28,29,33)/t16-,20-/m0/s1. The van der Waals surface area contributed by atoms with E-state index < -0.39 is 40.8 Å². The van der Waals surface area contributed by atoms with E-state index in [0.717, 1.165) is 37.5 Å². The molecule has 0 saturated carbocycles. The van der Waals surface area contributed by atoms with Crippen molar-refractivity contribution in [3.8, 4) is 5.75 Å². The van der Waals surface area contributed by atoms with E-state index in [2.05, 4.69) is 10.4 Å². The zero-order chi connectivity index (χ0) is 25.9. The second kappa shape index (κ2) is 10.8. The van der Waals surface area contributed by atoms with Crippen LogP contribution in [0.3, 0.4) is 0 Å². The Morgan fingerprint density at radius 3 is 2.72 bits per heavy atom. The molecule has 2 N–H and O–H groups in total. The van der Waals surface area contributed by atoms with E-state index in [4.69, 9.17) is 9.47 Å². The highest BCUT2D eigenvalue weighted by Crippen LogP contribution is 2.28. The summed E-state index contributed by atoms with van der Waals surface area (Å²) in [6, 6.07) is 3.99. The number of nitrogens with zero attached hydrogens (tertiary/aromatic N) is 3. The van der Waals surface area contributed by atoms with E-state index in [1.165, 1.54) is 15.6 Å². The number of hydrogen-bond donors (Lipinski definition) is 2. The van der Waals surface area contributed by atoms with Crippen LogP contribution in [0.2, 0.25) is 0 Å². The van der Waals surface area contributed by atoms with Gasteiger partial charge in [0.25, 0.3) is 5.91 Å². The van der Waals surface area contributed by atoms with E-state index in [9.17, 15) is 23.5 Å². The zero-order valence-corrected chi connectivity index (χ0v) is 20.2. The second-order valence-corrected chi connectivity index (χ2v) is 9.67. The number of hydrogen-bond acceptors (Lipinski definition) is 6. The van der Waals surface area contributed by atoms with Gasteiger partial charge in [0.05, 0.1) is 24.8 Å². The highest BCUT2D eigenvalue weighted by atomic mass is 19.1. The first-order valence-electron chi connectivity index (χ1n) is 11.9. The Balaban J connectivity index is 1.49. The molecule has 1 aromatic carbocycles. The predicted octanol–water partition coefficient (Wildman–Crippen LogP) is 3.00. The van der Waals surface area contributed by atoms with Gasteiger partial charge in [-0.2, -0.15) is 5.10 Å². The number of nitrogens with one attached hydrogen (secondary N) is 1. The van der Waals surface area contributed by atoms with Gasteiger partial charge in [0.1, 0.15) is 11.8 Å². The minimum atomic E-state index is -0.990. The molecule has 0 radical (unpaired) electrons. The maximum atomic E-state index is 14.0. The molecule has 0 aliphatic carbocycles. The Labute approximate surface area is 207 Å².